The molecular formula is C20H21F3O5. The smallest absolute Gasteiger partial charge is 0.191 e. The minimum absolute atomic E-state index is 0.00840. The highest BCUT2D eigenvalue weighted by molar-refractivity contribution is 5.32. The molecule has 0 radical (unpaired) electrons. The van der Waals surface area contributed by atoms with Gasteiger partial charge in [-0.2, -0.15) is 0 Å². The number of rotatable bonds is 7. The van der Waals surface area contributed by atoms with Crippen molar-refractivity contribution in [3.8, 4) is 11.5 Å². The van der Waals surface area contributed by atoms with Crippen molar-refractivity contribution in [2.24, 2.45) is 0 Å². The fourth-order valence-corrected chi connectivity index (χ4v) is 2.80. The van der Waals surface area contributed by atoms with Crippen LogP contribution in [0.15, 0.2) is 30.3 Å². The first-order valence-corrected chi connectivity index (χ1v) is 8.88. The van der Waals surface area contributed by atoms with Gasteiger partial charge in [0.05, 0.1) is 19.8 Å². The molecule has 2 aromatic carbocycles. The molecule has 152 valence electrons. The number of hydrogen-bond donors (Lipinski definition) is 1. The average molecular weight is 398 g/mol. The van der Waals surface area contributed by atoms with Gasteiger partial charge in [-0.05, 0) is 24.6 Å². The van der Waals surface area contributed by atoms with Crippen molar-refractivity contribution in [1.29, 1.82) is 0 Å². The molecule has 0 spiro atoms. The van der Waals surface area contributed by atoms with E-state index in [0.29, 0.717) is 6.61 Å². The first kappa shape index (κ1) is 20.4. The highest BCUT2D eigenvalue weighted by Gasteiger charge is 2.28. The maximum absolute atomic E-state index is 14.4. The van der Waals surface area contributed by atoms with E-state index in [4.69, 9.17) is 24.1 Å². The Labute approximate surface area is 160 Å². The van der Waals surface area contributed by atoms with Crippen molar-refractivity contribution >= 4 is 0 Å². The monoisotopic (exact) mass is 398 g/mol. The number of ether oxygens (including phenoxy) is 4. The molecule has 1 heterocycles. The molecule has 5 nitrogen and oxygen atoms in total. The van der Waals surface area contributed by atoms with Gasteiger partial charge in [0.25, 0.3) is 0 Å². The molecule has 1 aliphatic heterocycles. The largest absolute Gasteiger partial charge is 0.505 e. The van der Waals surface area contributed by atoms with E-state index in [1.165, 1.54) is 24.3 Å². The molecule has 0 bridgehead atoms. The van der Waals surface area contributed by atoms with Gasteiger partial charge in [-0.25, -0.2) is 13.2 Å². The molecule has 28 heavy (non-hydrogen) atoms. The lowest BCUT2D eigenvalue weighted by Gasteiger charge is -2.30. The van der Waals surface area contributed by atoms with Crippen LogP contribution in [-0.4, -0.2) is 37.8 Å². The zero-order valence-electron chi connectivity index (χ0n) is 15.3. The zero-order chi connectivity index (χ0) is 20.1. The first-order chi connectivity index (χ1) is 13.5. The predicted octanol–water partition coefficient (Wildman–Crippen LogP) is 3.88. The van der Waals surface area contributed by atoms with Crippen molar-refractivity contribution in [2.75, 3.05) is 26.4 Å². The molecule has 1 N–H and O–H groups in total. The molecule has 2 aromatic rings. The Bertz CT molecular complexity index is 807. The lowest BCUT2D eigenvalue weighted by atomic mass is 9.97. The minimum Gasteiger partial charge on any atom is -0.505 e. The van der Waals surface area contributed by atoms with Gasteiger partial charge in [0.1, 0.15) is 12.4 Å². The molecule has 0 aliphatic carbocycles. The van der Waals surface area contributed by atoms with Gasteiger partial charge in [-0.15, -0.1) is 0 Å². The number of phenols is 1. The van der Waals surface area contributed by atoms with Crippen LogP contribution in [0.5, 0.6) is 11.5 Å². The maximum Gasteiger partial charge on any atom is 0.191 e. The topological polar surface area (TPSA) is 57.2 Å². The van der Waals surface area contributed by atoms with Crippen LogP contribution in [-0.2, 0) is 20.8 Å². The Morgan fingerprint density at radius 3 is 2.50 bits per heavy atom. The Morgan fingerprint density at radius 1 is 1.07 bits per heavy atom. The lowest BCUT2D eigenvalue weighted by Crippen LogP contribution is -2.35. The van der Waals surface area contributed by atoms with Crippen molar-refractivity contribution in [3.63, 3.8) is 0 Å². The summed E-state index contributed by atoms with van der Waals surface area (Å²) in [6.07, 6.45) is -0.724. The van der Waals surface area contributed by atoms with Gasteiger partial charge < -0.3 is 24.1 Å². The fraction of sp³-hybridized carbons (Fsp3) is 0.400. The van der Waals surface area contributed by atoms with Crippen LogP contribution in [0.2, 0.25) is 0 Å². The third kappa shape index (κ3) is 4.76. The Kier molecular flexibility index (Phi) is 6.77. The Hall–Kier alpha value is -2.29. The normalized spacial score (nSPS) is 19.6. The zero-order valence-corrected chi connectivity index (χ0v) is 15.3. The summed E-state index contributed by atoms with van der Waals surface area (Å²) in [5.74, 6) is -3.37. The number of phenolic OH excluding ortho intramolecular Hbond substituents is 1. The van der Waals surface area contributed by atoms with Crippen molar-refractivity contribution in [3.05, 3.63) is 58.9 Å². The predicted molar refractivity (Wildman–Crippen MR) is 93.7 cm³/mol. The highest BCUT2D eigenvalue weighted by Crippen LogP contribution is 2.28. The minimum atomic E-state index is -0.927. The second-order valence-corrected chi connectivity index (χ2v) is 6.30. The molecule has 1 fully saturated rings. The second-order valence-electron chi connectivity index (χ2n) is 6.30. The number of aromatic hydroxyl groups is 1. The molecule has 0 atom stereocenters. The van der Waals surface area contributed by atoms with E-state index in [1.807, 2.05) is 0 Å². The van der Waals surface area contributed by atoms with Gasteiger partial charge in [0.2, 0.25) is 0 Å². The molecule has 0 amide bonds. The summed E-state index contributed by atoms with van der Waals surface area (Å²) in [6, 6.07) is 6.64. The average Bonchev–Trinajstić information content (AvgIpc) is 2.70. The fourth-order valence-electron chi connectivity index (χ4n) is 2.80. The molecule has 3 rings (SSSR count). The van der Waals surface area contributed by atoms with Crippen LogP contribution in [0.1, 0.15) is 24.0 Å². The van der Waals surface area contributed by atoms with Crippen molar-refractivity contribution in [1.82, 2.24) is 0 Å². The molecule has 8 heteroatoms. The van der Waals surface area contributed by atoms with Crippen LogP contribution >= 0.6 is 0 Å². The van der Waals surface area contributed by atoms with Crippen molar-refractivity contribution in [2.45, 2.75) is 25.7 Å². The number of benzene rings is 2. The molecule has 0 aromatic heterocycles. The van der Waals surface area contributed by atoms with Gasteiger partial charge in [-0.1, -0.05) is 12.1 Å². The van der Waals surface area contributed by atoms with E-state index in [-0.39, 0.29) is 43.3 Å². The Morgan fingerprint density at radius 2 is 1.82 bits per heavy atom. The number of halogens is 3. The van der Waals surface area contributed by atoms with Gasteiger partial charge in [-0.3, -0.25) is 0 Å². The summed E-state index contributed by atoms with van der Waals surface area (Å²) in [5.41, 5.74) is 0.339. The summed E-state index contributed by atoms with van der Waals surface area (Å²) in [5, 5.41) is 9.16. The van der Waals surface area contributed by atoms with Crippen LogP contribution in [0.4, 0.5) is 13.2 Å². The van der Waals surface area contributed by atoms with E-state index >= 15 is 0 Å². The number of hydrogen-bond acceptors (Lipinski definition) is 5. The maximum atomic E-state index is 14.4. The van der Waals surface area contributed by atoms with E-state index in [2.05, 4.69) is 0 Å². The van der Waals surface area contributed by atoms with Gasteiger partial charge in [0, 0.05) is 24.2 Å². The van der Waals surface area contributed by atoms with Crippen molar-refractivity contribution < 1.29 is 37.2 Å². The molecule has 0 saturated carbocycles. The molecular weight excluding hydrogens is 377 g/mol. The summed E-state index contributed by atoms with van der Waals surface area (Å²) in [6.45, 7) is 2.43. The second kappa shape index (κ2) is 9.27. The van der Waals surface area contributed by atoms with Crippen LogP contribution < -0.4 is 4.74 Å². The van der Waals surface area contributed by atoms with Gasteiger partial charge in [0.15, 0.2) is 29.5 Å². The highest BCUT2D eigenvalue weighted by atomic mass is 19.2. The van der Waals surface area contributed by atoms with Crippen LogP contribution in [0.25, 0.3) is 0 Å². The summed E-state index contributed by atoms with van der Waals surface area (Å²) >= 11 is 0. The Balaban J connectivity index is 1.55. The van der Waals surface area contributed by atoms with E-state index in [1.54, 1.807) is 6.92 Å². The molecule has 1 aliphatic rings. The third-order valence-corrected chi connectivity index (χ3v) is 4.37. The summed E-state index contributed by atoms with van der Waals surface area (Å²) in [7, 11) is 0. The van der Waals surface area contributed by atoms with E-state index in [9.17, 15) is 13.2 Å². The van der Waals surface area contributed by atoms with E-state index < -0.39 is 35.4 Å². The van der Waals surface area contributed by atoms with E-state index in [0.717, 1.165) is 6.07 Å². The quantitative estimate of drug-likeness (QED) is 0.767. The van der Waals surface area contributed by atoms with Crippen LogP contribution in [0.3, 0.4) is 0 Å². The standard InChI is InChI=1S/C20H21F3O5/c1-2-25-8-12-3-5-15(20(23)19(12)22)13-9-27-18(28-10-13)11-26-14-4-6-17(24)16(21)7-14/h3-7,13,18,24H,2,8-11H2,1H3. The van der Waals surface area contributed by atoms with Crippen LogP contribution in [0, 0.1) is 17.5 Å². The summed E-state index contributed by atoms with van der Waals surface area (Å²) < 4.78 is 63.4. The third-order valence-electron chi connectivity index (χ3n) is 4.37. The SMILES string of the molecule is CCOCc1ccc(C2COC(COc3ccc(O)c(F)c3)OC2)c(F)c1F. The van der Waals surface area contributed by atoms with Gasteiger partial charge >= 0.3 is 0 Å². The summed E-state index contributed by atoms with van der Waals surface area (Å²) in [4.78, 5) is 0. The molecule has 0 unspecified atom stereocenters. The lowest BCUT2D eigenvalue weighted by molar-refractivity contribution is -0.199. The first-order valence-electron chi connectivity index (χ1n) is 8.88. The molecule has 1 saturated heterocycles.